The van der Waals surface area contributed by atoms with Crippen molar-refractivity contribution in [1.29, 1.82) is 0 Å². The average molecular weight is 508 g/mol. The summed E-state index contributed by atoms with van der Waals surface area (Å²) in [6.45, 7) is 2.06. The second-order valence-electron chi connectivity index (χ2n) is 9.42. The van der Waals surface area contributed by atoms with Gasteiger partial charge in [-0.2, -0.15) is 10.2 Å². The number of nitrogens with one attached hydrogen (secondary N) is 2. The number of aromatic nitrogens is 7. The second kappa shape index (κ2) is 8.02. The molecule has 1 aliphatic rings. The number of hydrogen-bond acceptors (Lipinski definition) is 6. The predicted octanol–water partition coefficient (Wildman–Crippen LogP) is 3.85. The third kappa shape index (κ3) is 3.41. The van der Waals surface area contributed by atoms with Crippen LogP contribution >= 0.6 is 11.6 Å². The number of hydrogen-bond donors (Lipinski definition) is 2. The number of carbonyl (C=O) groups is 1. The molecule has 184 valence electrons. The number of anilines is 2. The van der Waals surface area contributed by atoms with Crippen LogP contribution in [0.2, 0.25) is 5.02 Å². The van der Waals surface area contributed by atoms with Crippen LogP contribution in [0.3, 0.4) is 0 Å². The summed E-state index contributed by atoms with van der Waals surface area (Å²) in [7, 11) is 5.34. The van der Waals surface area contributed by atoms with Gasteiger partial charge in [0, 0.05) is 56.3 Å². The Morgan fingerprint density at radius 2 is 2.03 bits per heavy atom. The van der Waals surface area contributed by atoms with Crippen molar-refractivity contribution in [2.75, 3.05) is 24.3 Å². The quantitative estimate of drug-likeness (QED) is 0.374. The van der Waals surface area contributed by atoms with Crippen molar-refractivity contribution in [3.05, 3.63) is 53.6 Å². The Kier molecular flexibility index (Phi) is 5.01. The number of halogens is 2. The van der Waals surface area contributed by atoms with E-state index in [2.05, 4.69) is 37.5 Å². The number of H-pyrrole nitrogens is 1. The molecule has 3 atom stereocenters. The lowest BCUT2D eigenvalue weighted by atomic mass is 10.1. The van der Waals surface area contributed by atoms with Crippen molar-refractivity contribution in [2.24, 2.45) is 18.9 Å². The fourth-order valence-corrected chi connectivity index (χ4v) is 5.34. The summed E-state index contributed by atoms with van der Waals surface area (Å²) in [5.41, 5.74) is 3.32. The van der Waals surface area contributed by atoms with Crippen LogP contribution in [0.1, 0.15) is 18.4 Å². The van der Waals surface area contributed by atoms with Crippen LogP contribution in [-0.4, -0.2) is 54.3 Å². The van der Waals surface area contributed by atoms with Crippen molar-refractivity contribution >= 4 is 45.6 Å². The van der Waals surface area contributed by atoms with E-state index in [-0.39, 0.29) is 28.7 Å². The van der Waals surface area contributed by atoms with E-state index in [9.17, 15) is 4.79 Å². The molecule has 0 unspecified atom stereocenters. The van der Waals surface area contributed by atoms with Crippen LogP contribution in [0.4, 0.5) is 15.9 Å². The maximum Gasteiger partial charge on any atom is 0.229 e. The van der Waals surface area contributed by atoms with E-state index >= 15 is 4.39 Å². The zero-order chi connectivity index (χ0) is 25.3. The van der Waals surface area contributed by atoms with E-state index in [4.69, 9.17) is 11.6 Å². The number of aryl methyl sites for hydroxylation is 1. The summed E-state index contributed by atoms with van der Waals surface area (Å²) in [5.74, 6) is -0.00797. The van der Waals surface area contributed by atoms with Gasteiger partial charge in [0.25, 0.3) is 0 Å². The lowest BCUT2D eigenvalue weighted by Gasteiger charge is -2.17. The molecule has 2 N–H and O–H groups in total. The molecule has 1 fully saturated rings. The van der Waals surface area contributed by atoms with Gasteiger partial charge in [0.15, 0.2) is 17.3 Å². The minimum atomic E-state index is -0.560. The van der Waals surface area contributed by atoms with Crippen LogP contribution in [0.15, 0.2) is 37.2 Å². The largest absolute Gasteiger partial charge is 0.373 e. The SMILES string of the molecule is C[C@H]1[C@H](C(=O)Nc2cn3cc(-c4c(Cl)c(F)c(N(C)C)c5[nH]ncc45)ncc3n2)[C@H]1c1cnn(C)c1. The van der Waals surface area contributed by atoms with Gasteiger partial charge in [-0.15, -0.1) is 0 Å². The van der Waals surface area contributed by atoms with Crippen molar-refractivity contribution in [1.82, 2.24) is 34.3 Å². The first-order valence-electron chi connectivity index (χ1n) is 11.4. The molecule has 36 heavy (non-hydrogen) atoms. The van der Waals surface area contributed by atoms with E-state index in [0.717, 1.165) is 5.56 Å². The van der Waals surface area contributed by atoms with Gasteiger partial charge in [-0.3, -0.25) is 19.6 Å². The molecule has 12 heteroatoms. The Morgan fingerprint density at radius 3 is 2.75 bits per heavy atom. The monoisotopic (exact) mass is 507 g/mol. The summed E-state index contributed by atoms with van der Waals surface area (Å²) in [6.07, 6.45) is 10.3. The van der Waals surface area contributed by atoms with Crippen molar-refractivity contribution in [2.45, 2.75) is 12.8 Å². The van der Waals surface area contributed by atoms with Gasteiger partial charge >= 0.3 is 0 Å². The summed E-state index contributed by atoms with van der Waals surface area (Å²) in [5, 5.41) is 14.7. The standard InChI is InChI=1S/C24H23ClFN9O/c1-11-17(12-5-29-34(4)8-12)18(11)24(36)31-15-10-35-9-14(27-7-16(35)30-15)19-13-6-28-32-22(13)23(33(2)3)21(26)20(19)25/h5-11,17-18H,1-4H3,(H,28,32)(H,31,36)/t11-,17-,18+/m1/s1. The molecule has 0 spiro atoms. The van der Waals surface area contributed by atoms with Gasteiger partial charge in [-0.25, -0.2) is 9.37 Å². The van der Waals surface area contributed by atoms with Crippen LogP contribution in [-0.2, 0) is 11.8 Å². The number of nitrogens with zero attached hydrogens (tertiary/aromatic N) is 7. The molecule has 0 bridgehead atoms. The van der Waals surface area contributed by atoms with Crippen LogP contribution < -0.4 is 10.2 Å². The smallest absolute Gasteiger partial charge is 0.229 e. The van der Waals surface area contributed by atoms with E-state index in [1.54, 1.807) is 52.9 Å². The molecule has 6 rings (SSSR count). The van der Waals surface area contributed by atoms with E-state index in [1.807, 2.05) is 19.4 Å². The lowest BCUT2D eigenvalue weighted by Crippen LogP contribution is -2.15. The molecule has 0 saturated heterocycles. The number of fused-ring (bicyclic) bond motifs is 2. The first kappa shape index (κ1) is 22.5. The first-order chi connectivity index (χ1) is 17.2. The molecule has 1 aliphatic carbocycles. The fraction of sp³-hybridized carbons (Fsp3) is 0.292. The molecule has 0 radical (unpaired) electrons. The van der Waals surface area contributed by atoms with Gasteiger partial charge in [0.2, 0.25) is 5.91 Å². The van der Waals surface area contributed by atoms with Gasteiger partial charge in [-0.1, -0.05) is 18.5 Å². The number of carbonyl (C=O) groups excluding carboxylic acids is 1. The number of benzene rings is 1. The Balaban J connectivity index is 1.31. The summed E-state index contributed by atoms with van der Waals surface area (Å²) < 4.78 is 18.7. The molecule has 4 aromatic heterocycles. The summed E-state index contributed by atoms with van der Waals surface area (Å²) in [4.78, 5) is 23.5. The molecular formula is C24H23ClFN9O. The minimum absolute atomic E-state index is 0.0442. The molecule has 1 amide bonds. The Labute approximate surface area is 210 Å². The van der Waals surface area contributed by atoms with Crippen molar-refractivity contribution in [3.63, 3.8) is 0 Å². The summed E-state index contributed by atoms with van der Waals surface area (Å²) in [6, 6.07) is 0. The molecule has 5 aromatic rings. The Bertz CT molecular complexity index is 1650. The van der Waals surface area contributed by atoms with Crippen molar-refractivity contribution < 1.29 is 9.18 Å². The van der Waals surface area contributed by atoms with Crippen LogP contribution in [0.5, 0.6) is 0 Å². The number of aromatic amines is 1. The molecule has 1 saturated carbocycles. The third-order valence-corrected chi connectivity index (χ3v) is 7.21. The second-order valence-corrected chi connectivity index (χ2v) is 9.79. The topological polar surface area (TPSA) is 109 Å². The van der Waals surface area contributed by atoms with E-state index in [0.29, 0.717) is 39.3 Å². The highest BCUT2D eigenvalue weighted by Crippen LogP contribution is 2.54. The molecule has 4 heterocycles. The lowest BCUT2D eigenvalue weighted by molar-refractivity contribution is -0.117. The molecule has 0 aliphatic heterocycles. The highest BCUT2D eigenvalue weighted by molar-refractivity contribution is 6.35. The summed E-state index contributed by atoms with van der Waals surface area (Å²) >= 11 is 6.49. The highest BCUT2D eigenvalue weighted by atomic mass is 35.5. The highest BCUT2D eigenvalue weighted by Gasteiger charge is 2.53. The Hall–Kier alpha value is -3.99. The maximum atomic E-state index is 15.2. The normalized spacial score (nSPS) is 19.2. The van der Waals surface area contributed by atoms with Crippen LogP contribution in [0, 0.1) is 17.7 Å². The van der Waals surface area contributed by atoms with Gasteiger partial charge in [0.1, 0.15) is 5.69 Å². The minimum Gasteiger partial charge on any atom is -0.373 e. The molecular weight excluding hydrogens is 485 g/mol. The Morgan fingerprint density at radius 1 is 1.22 bits per heavy atom. The third-order valence-electron chi connectivity index (χ3n) is 6.85. The predicted molar refractivity (Wildman–Crippen MR) is 135 cm³/mol. The fourth-order valence-electron chi connectivity index (χ4n) is 5.05. The number of rotatable bonds is 5. The van der Waals surface area contributed by atoms with Gasteiger partial charge < -0.3 is 14.6 Å². The molecule has 10 nitrogen and oxygen atoms in total. The maximum absolute atomic E-state index is 15.2. The van der Waals surface area contributed by atoms with Crippen LogP contribution in [0.25, 0.3) is 27.8 Å². The number of imidazole rings is 1. The zero-order valence-electron chi connectivity index (χ0n) is 20.0. The average Bonchev–Trinajstić information content (AvgIpc) is 3.24. The zero-order valence-corrected chi connectivity index (χ0v) is 20.7. The van der Waals surface area contributed by atoms with E-state index in [1.165, 1.54) is 0 Å². The van der Waals surface area contributed by atoms with E-state index < -0.39 is 5.82 Å². The first-order valence-corrected chi connectivity index (χ1v) is 11.8. The number of amides is 1. The van der Waals surface area contributed by atoms with Gasteiger partial charge in [-0.05, 0) is 11.5 Å². The molecule has 1 aromatic carbocycles. The van der Waals surface area contributed by atoms with Crippen molar-refractivity contribution in [3.8, 4) is 11.3 Å². The van der Waals surface area contributed by atoms with Gasteiger partial charge in [0.05, 0.1) is 41.0 Å².